The molecule has 3 rings (SSSR count). The van der Waals surface area contributed by atoms with Gasteiger partial charge >= 0.3 is 0 Å². The Morgan fingerprint density at radius 3 is 2.84 bits per heavy atom. The molecular weight excluding hydrogens is 332 g/mol. The SMILES string of the molecule is COC(C)c1cc(C2=C(c3cccc(C#N)c3)NC(N)S2)cc(C)n1. The van der Waals surface area contributed by atoms with Gasteiger partial charge in [-0.05, 0) is 43.7 Å². The van der Waals surface area contributed by atoms with Crippen LogP contribution in [0.2, 0.25) is 0 Å². The molecule has 0 aliphatic carbocycles. The first-order valence-electron chi connectivity index (χ1n) is 7.97. The number of pyridine rings is 1. The number of ether oxygens (including phenoxy) is 1. The Morgan fingerprint density at radius 2 is 2.12 bits per heavy atom. The van der Waals surface area contributed by atoms with Gasteiger partial charge in [0.05, 0.1) is 29.1 Å². The first-order chi connectivity index (χ1) is 12.0. The normalized spacial score (nSPS) is 18.0. The molecule has 128 valence electrons. The van der Waals surface area contributed by atoms with Crippen LogP contribution in [0.4, 0.5) is 0 Å². The zero-order valence-corrected chi connectivity index (χ0v) is 15.2. The van der Waals surface area contributed by atoms with Crippen LogP contribution in [-0.2, 0) is 4.74 Å². The minimum Gasteiger partial charge on any atom is -0.375 e. The molecule has 0 saturated carbocycles. The number of rotatable bonds is 4. The van der Waals surface area contributed by atoms with E-state index >= 15 is 0 Å². The van der Waals surface area contributed by atoms with Crippen LogP contribution in [0.15, 0.2) is 36.4 Å². The van der Waals surface area contributed by atoms with Gasteiger partial charge in [-0.15, -0.1) is 0 Å². The van der Waals surface area contributed by atoms with E-state index in [2.05, 4.69) is 16.4 Å². The Labute approximate surface area is 151 Å². The minimum atomic E-state index is -0.229. The van der Waals surface area contributed by atoms with E-state index in [1.165, 1.54) is 0 Å². The van der Waals surface area contributed by atoms with E-state index in [0.717, 1.165) is 33.1 Å². The van der Waals surface area contributed by atoms with Crippen molar-refractivity contribution in [2.75, 3.05) is 7.11 Å². The fraction of sp³-hybridized carbons (Fsp3) is 0.263. The smallest absolute Gasteiger partial charge is 0.127 e. The summed E-state index contributed by atoms with van der Waals surface area (Å²) in [6, 6.07) is 13.8. The van der Waals surface area contributed by atoms with E-state index in [1.54, 1.807) is 24.9 Å². The van der Waals surface area contributed by atoms with E-state index in [4.69, 9.17) is 15.7 Å². The van der Waals surface area contributed by atoms with Crippen molar-refractivity contribution >= 4 is 22.4 Å². The Morgan fingerprint density at radius 1 is 1.32 bits per heavy atom. The fourth-order valence-electron chi connectivity index (χ4n) is 2.75. The Balaban J connectivity index is 2.12. The molecule has 2 aromatic rings. The van der Waals surface area contributed by atoms with Crippen LogP contribution in [-0.4, -0.2) is 17.6 Å². The van der Waals surface area contributed by atoms with Crippen molar-refractivity contribution in [2.45, 2.75) is 25.4 Å². The Hall–Kier alpha value is -2.33. The van der Waals surface area contributed by atoms with Gasteiger partial charge in [0.15, 0.2) is 0 Å². The van der Waals surface area contributed by atoms with E-state index in [-0.39, 0.29) is 11.6 Å². The number of hydrogen-bond acceptors (Lipinski definition) is 6. The fourth-order valence-corrected chi connectivity index (χ4v) is 3.73. The van der Waals surface area contributed by atoms with E-state index in [1.807, 2.05) is 44.2 Å². The zero-order chi connectivity index (χ0) is 18.0. The van der Waals surface area contributed by atoms with Gasteiger partial charge in [-0.3, -0.25) is 4.98 Å². The predicted octanol–water partition coefficient (Wildman–Crippen LogP) is 3.37. The molecule has 0 spiro atoms. The highest BCUT2D eigenvalue weighted by Gasteiger charge is 2.25. The summed E-state index contributed by atoms with van der Waals surface area (Å²) >= 11 is 1.57. The van der Waals surface area contributed by atoms with Crippen molar-refractivity contribution in [2.24, 2.45) is 5.73 Å². The van der Waals surface area contributed by atoms with Crippen LogP contribution in [0.1, 0.15) is 41.1 Å². The molecule has 1 aromatic carbocycles. The third-order valence-electron chi connectivity index (χ3n) is 4.04. The first-order valence-corrected chi connectivity index (χ1v) is 8.85. The maximum absolute atomic E-state index is 9.16. The maximum atomic E-state index is 9.16. The largest absolute Gasteiger partial charge is 0.375 e. The highest BCUT2D eigenvalue weighted by molar-refractivity contribution is 8.09. The quantitative estimate of drug-likeness (QED) is 0.878. The van der Waals surface area contributed by atoms with Gasteiger partial charge in [0.25, 0.3) is 0 Å². The minimum absolute atomic E-state index is 0.0855. The molecule has 0 amide bonds. The number of aryl methyl sites for hydroxylation is 1. The molecular formula is C19H20N4OS. The summed E-state index contributed by atoms with van der Waals surface area (Å²) in [5.41, 5.74) is 11.3. The number of aromatic nitrogens is 1. The summed E-state index contributed by atoms with van der Waals surface area (Å²) in [6.07, 6.45) is -0.0855. The van der Waals surface area contributed by atoms with Crippen LogP contribution < -0.4 is 11.1 Å². The number of nitrogens with one attached hydrogen (secondary N) is 1. The molecule has 2 atom stereocenters. The summed E-state index contributed by atoms with van der Waals surface area (Å²) in [4.78, 5) is 5.62. The topological polar surface area (TPSA) is 84.0 Å². The van der Waals surface area contributed by atoms with Crippen molar-refractivity contribution in [3.63, 3.8) is 0 Å². The lowest BCUT2D eigenvalue weighted by molar-refractivity contribution is 0.116. The lowest BCUT2D eigenvalue weighted by Gasteiger charge is -2.13. The van der Waals surface area contributed by atoms with Crippen molar-refractivity contribution in [3.05, 3.63) is 64.5 Å². The highest BCUT2D eigenvalue weighted by Crippen LogP contribution is 2.41. The average Bonchev–Trinajstić information content (AvgIpc) is 3.02. The monoisotopic (exact) mass is 352 g/mol. The second-order valence-electron chi connectivity index (χ2n) is 5.88. The number of benzene rings is 1. The van der Waals surface area contributed by atoms with Gasteiger partial charge in [-0.2, -0.15) is 5.26 Å². The molecule has 0 bridgehead atoms. The molecule has 0 saturated heterocycles. The number of nitrogens with two attached hydrogens (primary N) is 1. The predicted molar refractivity (Wildman–Crippen MR) is 101 cm³/mol. The summed E-state index contributed by atoms with van der Waals surface area (Å²) in [6.45, 7) is 3.95. The molecule has 2 heterocycles. The summed E-state index contributed by atoms with van der Waals surface area (Å²) in [7, 11) is 1.67. The number of nitriles is 1. The zero-order valence-electron chi connectivity index (χ0n) is 14.4. The van der Waals surface area contributed by atoms with Gasteiger partial charge in [0.1, 0.15) is 5.50 Å². The van der Waals surface area contributed by atoms with E-state index in [9.17, 15) is 0 Å². The summed E-state index contributed by atoms with van der Waals surface area (Å²) in [5.74, 6) is 0. The lowest BCUT2D eigenvalue weighted by atomic mass is 10.0. The number of methoxy groups -OCH3 is 1. The molecule has 0 radical (unpaired) electrons. The van der Waals surface area contributed by atoms with Crippen molar-refractivity contribution < 1.29 is 4.74 Å². The molecule has 1 aliphatic heterocycles. The molecule has 3 N–H and O–H groups in total. The van der Waals surface area contributed by atoms with Crippen LogP contribution in [0.25, 0.3) is 10.6 Å². The molecule has 1 aromatic heterocycles. The van der Waals surface area contributed by atoms with Crippen LogP contribution >= 0.6 is 11.8 Å². The van der Waals surface area contributed by atoms with Gasteiger partial charge in [0.2, 0.25) is 0 Å². The van der Waals surface area contributed by atoms with Crippen LogP contribution in [0.3, 0.4) is 0 Å². The summed E-state index contributed by atoms with van der Waals surface area (Å²) < 4.78 is 5.41. The Kier molecular flexibility index (Phi) is 5.09. The van der Waals surface area contributed by atoms with Crippen LogP contribution in [0.5, 0.6) is 0 Å². The number of hydrogen-bond donors (Lipinski definition) is 2. The van der Waals surface area contributed by atoms with Crippen molar-refractivity contribution in [1.29, 1.82) is 5.26 Å². The molecule has 6 heteroatoms. The maximum Gasteiger partial charge on any atom is 0.127 e. The van der Waals surface area contributed by atoms with Gasteiger partial charge < -0.3 is 15.8 Å². The second-order valence-corrected chi connectivity index (χ2v) is 7.03. The number of nitrogens with zero attached hydrogens (tertiary/aromatic N) is 2. The second kappa shape index (κ2) is 7.28. The molecule has 0 fully saturated rings. The highest BCUT2D eigenvalue weighted by atomic mass is 32.2. The van der Waals surface area contributed by atoms with Gasteiger partial charge in [-0.25, -0.2) is 0 Å². The third-order valence-corrected chi connectivity index (χ3v) is 5.09. The van der Waals surface area contributed by atoms with Crippen LogP contribution in [0, 0.1) is 18.3 Å². The Bertz CT molecular complexity index is 872. The lowest BCUT2D eigenvalue weighted by Crippen LogP contribution is -2.28. The standard InChI is InChI=1S/C19H20N4OS/c1-11-7-15(9-16(22-11)12(2)24-3)18-17(23-19(21)25-18)14-6-4-5-13(8-14)10-20/h4-9,12,19,23H,21H2,1-3H3. The van der Waals surface area contributed by atoms with Gasteiger partial charge in [-0.1, -0.05) is 23.9 Å². The number of thioether (sulfide) groups is 1. The third kappa shape index (κ3) is 3.69. The average molecular weight is 352 g/mol. The molecule has 25 heavy (non-hydrogen) atoms. The summed E-state index contributed by atoms with van der Waals surface area (Å²) in [5, 5.41) is 12.5. The van der Waals surface area contributed by atoms with Gasteiger partial charge in [0, 0.05) is 23.3 Å². The molecule has 5 nitrogen and oxygen atoms in total. The first kappa shape index (κ1) is 17.5. The molecule has 1 aliphatic rings. The van der Waals surface area contributed by atoms with E-state index in [0.29, 0.717) is 5.56 Å². The van der Waals surface area contributed by atoms with E-state index < -0.39 is 0 Å². The van der Waals surface area contributed by atoms with Crippen molar-refractivity contribution in [1.82, 2.24) is 10.3 Å². The molecule has 2 unspecified atom stereocenters. The van der Waals surface area contributed by atoms with Crippen molar-refractivity contribution in [3.8, 4) is 6.07 Å².